The smallest absolute Gasteiger partial charge is 0.342 e. The van der Waals surface area contributed by atoms with Crippen molar-refractivity contribution in [3.8, 4) is 0 Å². The lowest BCUT2D eigenvalue weighted by Gasteiger charge is -2.33. The third kappa shape index (κ3) is 2.66. The first-order valence-corrected chi connectivity index (χ1v) is 5.93. The predicted octanol–water partition coefficient (Wildman–Crippen LogP) is 0.144. The molecule has 110 valence electrons. The molecule has 1 atom stereocenters. The Kier molecular flexibility index (Phi) is 3.57. The van der Waals surface area contributed by atoms with Crippen LogP contribution >= 0.6 is 0 Å². The summed E-state index contributed by atoms with van der Waals surface area (Å²) in [5.41, 5.74) is -0.808. The van der Waals surface area contributed by atoms with Gasteiger partial charge in [-0.25, -0.2) is 4.79 Å². The topological polar surface area (TPSA) is 130 Å². The van der Waals surface area contributed by atoms with E-state index in [9.17, 15) is 24.5 Å². The number of carboxylic acid groups (broad SMARTS) is 1. The van der Waals surface area contributed by atoms with Crippen LogP contribution < -0.4 is 10.2 Å². The van der Waals surface area contributed by atoms with E-state index in [1.165, 1.54) is 11.0 Å². The van der Waals surface area contributed by atoms with E-state index in [1.54, 1.807) is 6.92 Å². The van der Waals surface area contributed by atoms with Gasteiger partial charge in [0.1, 0.15) is 11.6 Å². The number of nitrogens with one attached hydrogen (secondary N) is 1. The number of anilines is 1. The van der Waals surface area contributed by atoms with Crippen LogP contribution in [0.1, 0.15) is 17.3 Å². The molecule has 1 aliphatic heterocycles. The highest BCUT2D eigenvalue weighted by Gasteiger charge is 2.32. The molecule has 0 aliphatic carbocycles. The van der Waals surface area contributed by atoms with Crippen molar-refractivity contribution in [2.24, 2.45) is 0 Å². The summed E-state index contributed by atoms with van der Waals surface area (Å²) in [6.45, 7) is 1.40. The molecule has 0 radical (unpaired) electrons. The average molecular weight is 293 g/mol. The summed E-state index contributed by atoms with van der Waals surface area (Å²) in [6, 6.07) is 2.77. The van der Waals surface area contributed by atoms with Gasteiger partial charge in [0.25, 0.3) is 5.69 Å². The maximum absolute atomic E-state index is 11.6. The van der Waals surface area contributed by atoms with Crippen LogP contribution in [0.25, 0.3) is 0 Å². The molecule has 1 saturated heterocycles. The van der Waals surface area contributed by atoms with Gasteiger partial charge in [-0.15, -0.1) is 0 Å². The van der Waals surface area contributed by atoms with Gasteiger partial charge >= 0.3 is 5.97 Å². The second-order valence-corrected chi connectivity index (χ2v) is 4.48. The summed E-state index contributed by atoms with van der Waals surface area (Å²) in [6.07, 6.45) is 0. The summed E-state index contributed by atoms with van der Waals surface area (Å²) < 4.78 is 0. The Labute approximate surface area is 118 Å². The zero-order chi connectivity index (χ0) is 15.7. The van der Waals surface area contributed by atoms with Crippen molar-refractivity contribution in [3.63, 3.8) is 0 Å². The predicted molar refractivity (Wildman–Crippen MR) is 70.0 cm³/mol. The summed E-state index contributed by atoms with van der Waals surface area (Å²) in [7, 11) is 0. The highest BCUT2D eigenvalue weighted by Crippen LogP contribution is 2.27. The normalized spacial score (nSPS) is 18.3. The largest absolute Gasteiger partial charge is 0.477 e. The van der Waals surface area contributed by atoms with E-state index in [2.05, 4.69) is 5.32 Å². The molecule has 0 spiro atoms. The number of hydrogen-bond donors (Lipinski definition) is 2. The first-order chi connectivity index (χ1) is 9.81. The summed E-state index contributed by atoms with van der Waals surface area (Å²) in [5.74, 6) is -2.46. The Morgan fingerprint density at radius 2 is 2.14 bits per heavy atom. The van der Waals surface area contributed by atoms with Crippen molar-refractivity contribution in [3.05, 3.63) is 33.9 Å². The van der Waals surface area contributed by atoms with E-state index in [0.717, 1.165) is 12.1 Å². The summed E-state index contributed by atoms with van der Waals surface area (Å²) in [5, 5.41) is 22.0. The number of carbonyl (C=O) groups is 3. The number of aromatic carboxylic acids is 1. The lowest BCUT2D eigenvalue weighted by atomic mass is 10.1. The number of nitro groups is 1. The van der Waals surface area contributed by atoms with E-state index in [1.807, 2.05) is 0 Å². The highest BCUT2D eigenvalue weighted by molar-refractivity contribution is 6.04. The number of amides is 2. The fourth-order valence-corrected chi connectivity index (χ4v) is 2.06. The first-order valence-electron chi connectivity index (χ1n) is 5.93. The van der Waals surface area contributed by atoms with Gasteiger partial charge in [-0.1, -0.05) is 0 Å². The second kappa shape index (κ2) is 5.19. The number of piperazine rings is 1. The first kappa shape index (κ1) is 14.4. The zero-order valence-electron chi connectivity index (χ0n) is 10.9. The Morgan fingerprint density at radius 1 is 1.48 bits per heavy atom. The number of nitrogens with zero attached hydrogens (tertiary/aromatic N) is 2. The van der Waals surface area contributed by atoms with Gasteiger partial charge in [0.2, 0.25) is 11.8 Å². The van der Waals surface area contributed by atoms with Gasteiger partial charge in [0, 0.05) is 11.8 Å². The molecule has 2 N–H and O–H groups in total. The molecule has 21 heavy (non-hydrogen) atoms. The maximum atomic E-state index is 11.6. The molecule has 1 aromatic rings. The van der Waals surface area contributed by atoms with Gasteiger partial charge in [0.05, 0.1) is 11.5 Å². The highest BCUT2D eigenvalue weighted by atomic mass is 16.6. The number of imide groups is 1. The number of rotatable bonds is 3. The van der Waals surface area contributed by atoms with Gasteiger partial charge in [0.15, 0.2) is 0 Å². The standard InChI is InChI=1S/C12H11N3O6/c1-6-11(17)13-10(16)5-14(6)7-2-3-8(12(18)19)9(4-7)15(20)21/h2-4,6H,5H2,1H3,(H,18,19)(H,13,16,17). The van der Waals surface area contributed by atoms with Crippen molar-refractivity contribution in [2.75, 3.05) is 11.4 Å². The quantitative estimate of drug-likeness (QED) is 0.460. The molecular formula is C12H11N3O6. The lowest BCUT2D eigenvalue weighted by Crippen LogP contribution is -2.57. The number of benzene rings is 1. The van der Waals surface area contributed by atoms with Crippen molar-refractivity contribution < 1.29 is 24.4 Å². The van der Waals surface area contributed by atoms with Crippen molar-refractivity contribution >= 4 is 29.2 Å². The van der Waals surface area contributed by atoms with Crippen LogP contribution in [-0.4, -0.2) is 40.4 Å². The second-order valence-electron chi connectivity index (χ2n) is 4.48. The molecule has 1 fully saturated rings. The minimum Gasteiger partial charge on any atom is -0.477 e. The van der Waals surface area contributed by atoms with Gasteiger partial charge < -0.3 is 10.0 Å². The van der Waals surface area contributed by atoms with Crippen LogP contribution in [0, 0.1) is 10.1 Å². The van der Waals surface area contributed by atoms with E-state index in [0.29, 0.717) is 0 Å². The molecule has 2 rings (SSSR count). The molecule has 2 amide bonds. The number of carboxylic acids is 1. The summed E-state index contributed by atoms with van der Waals surface area (Å²) >= 11 is 0. The number of nitro benzene ring substituents is 1. The van der Waals surface area contributed by atoms with Crippen molar-refractivity contribution in [1.29, 1.82) is 0 Å². The molecule has 9 heteroatoms. The number of hydrogen-bond acceptors (Lipinski definition) is 6. The molecule has 1 aliphatic rings. The van der Waals surface area contributed by atoms with Gasteiger partial charge in [-0.05, 0) is 19.1 Å². The van der Waals surface area contributed by atoms with E-state index < -0.39 is 40.0 Å². The molecule has 0 aromatic heterocycles. The SMILES string of the molecule is CC1C(=O)NC(=O)CN1c1ccc(C(=O)O)c([N+](=O)[O-])c1. The Balaban J connectivity index is 2.47. The molecular weight excluding hydrogens is 282 g/mol. The summed E-state index contributed by atoms with van der Waals surface area (Å²) in [4.78, 5) is 45.4. The van der Waals surface area contributed by atoms with Crippen molar-refractivity contribution in [2.45, 2.75) is 13.0 Å². The average Bonchev–Trinajstić information content (AvgIpc) is 2.42. The Morgan fingerprint density at radius 3 is 2.71 bits per heavy atom. The van der Waals surface area contributed by atoms with E-state index in [4.69, 9.17) is 5.11 Å². The van der Waals surface area contributed by atoms with E-state index in [-0.39, 0.29) is 12.2 Å². The third-order valence-corrected chi connectivity index (χ3v) is 3.16. The lowest BCUT2D eigenvalue weighted by molar-refractivity contribution is -0.385. The van der Waals surface area contributed by atoms with Crippen LogP contribution in [0.2, 0.25) is 0 Å². The van der Waals surface area contributed by atoms with Crippen LogP contribution in [0.5, 0.6) is 0 Å². The fourth-order valence-electron chi connectivity index (χ4n) is 2.06. The van der Waals surface area contributed by atoms with E-state index >= 15 is 0 Å². The molecule has 0 bridgehead atoms. The van der Waals surface area contributed by atoms with Crippen LogP contribution in [0.4, 0.5) is 11.4 Å². The van der Waals surface area contributed by atoms with Gasteiger partial charge in [-0.3, -0.25) is 25.0 Å². The monoisotopic (exact) mass is 293 g/mol. The van der Waals surface area contributed by atoms with Crippen molar-refractivity contribution in [1.82, 2.24) is 5.32 Å². The van der Waals surface area contributed by atoms with Crippen LogP contribution in [0.15, 0.2) is 18.2 Å². The molecule has 1 heterocycles. The Bertz CT molecular complexity index is 656. The minimum absolute atomic E-state index is 0.142. The minimum atomic E-state index is -1.42. The fraction of sp³-hybridized carbons (Fsp3) is 0.250. The molecule has 1 aromatic carbocycles. The number of carbonyl (C=O) groups excluding carboxylic acids is 2. The molecule has 9 nitrogen and oxygen atoms in total. The van der Waals surface area contributed by atoms with Crippen LogP contribution in [-0.2, 0) is 9.59 Å². The zero-order valence-corrected chi connectivity index (χ0v) is 10.9. The van der Waals surface area contributed by atoms with Gasteiger partial charge in [-0.2, -0.15) is 0 Å². The Hall–Kier alpha value is -2.97. The molecule has 0 saturated carbocycles. The molecule has 1 unspecified atom stereocenters. The third-order valence-electron chi connectivity index (χ3n) is 3.16. The maximum Gasteiger partial charge on any atom is 0.342 e. The van der Waals surface area contributed by atoms with Crippen LogP contribution in [0.3, 0.4) is 0 Å².